The van der Waals surface area contributed by atoms with Crippen LogP contribution in [-0.4, -0.2) is 18.3 Å². The monoisotopic (exact) mass is 234 g/mol. The van der Waals surface area contributed by atoms with Gasteiger partial charge in [-0.2, -0.15) is 0 Å². The number of allylic oxidation sites excluding steroid dienone is 1. The van der Waals surface area contributed by atoms with Crippen LogP contribution in [0.15, 0.2) is 18.2 Å². The SMILES string of the molecule is COc1ccc2c(c1OC(C)C)C(C)=CC2O. The topological polar surface area (TPSA) is 38.7 Å². The van der Waals surface area contributed by atoms with Crippen LogP contribution >= 0.6 is 0 Å². The van der Waals surface area contributed by atoms with Gasteiger partial charge in [0.2, 0.25) is 0 Å². The van der Waals surface area contributed by atoms with E-state index in [0.717, 1.165) is 22.4 Å². The number of methoxy groups -OCH3 is 1. The number of hydrogen-bond acceptors (Lipinski definition) is 3. The Morgan fingerprint density at radius 3 is 2.59 bits per heavy atom. The molecule has 0 amide bonds. The summed E-state index contributed by atoms with van der Waals surface area (Å²) < 4.78 is 11.1. The molecule has 1 aromatic carbocycles. The van der Waals surface area contributed by atoms with Gasteiger partial charge in [0.05, 0.1) is 19.3 Å². The van der Waals surface area contributed by atoms with E-state index >= 15 is 0 Å². The van der Waals surface area contributed by atoms with Gasteiger partial charge in [0.25, 0.3) is 0 Å². The van der Waals surface area contributed by atoms with Crippen molar-refractivity contribution in [3.8, 4) is 11.5 Å². The lowest BCUT2D eigenvalue weighted by molar-refractivity contribution is 0.221. The van der Waals surface area contributed by atoms with Crippen LogP contribution in [0.4, 0.5) is 0 Å². The Bertz CT molecular complexity index is 461. The standard InChI is InChI=1S/C14H18O3/c1-8(2)17-14-12(16-4)6-5-10-11(15)7-9(3)13(10)14/h5-8,11,15H,1-4H3. The fourth-order valence-corrected chi connectivity index (χ4v) is 2.16. The van der Waals surface area contributed by atoms with E-state index in [9.17, 15) is 5.11 Å². The van der Waals surface area contributed by atoms with E-state index < -0.39 is 6.10 Å². The highest BCUT2D eigenvalue weighted by molar-refractivity contribution is 5.79. The van der Waals surface area contributed by atoms with E-state index in [0.29, 0.717) is 5.75 Å². The molecule has 1 unspecified atom stereocenters. The van der Waals surface area contributed by atoms with Gasteiger partial charge < -0.3 is 14.6 Å². The van der Waals surface area contributed by atoms with Crippen molar-refractivity contribution in [2.24, 2.45) is 0 Å². The van der Waals surface area contributed by atoms with Gasteiger partial charge in [-0.3, -0.25) is 0 Å². The van der Waals surface area contributed by atoms with E-state index in [-0.39, 0.29) is 6.10 Å². The number of benzene rings is 1. The summed E-state index contributed by atoms with van der Waals surface area (Å²) in [6.45, 7) is 5.92. The van der Waals surface area contributed by atoms with Gasteiger partial charge in [-0.25, -0.2) is 0 Å². The first kappa shape index (κ1) is 12.0. The van der Waals surface area contributed by atoms with Crippen LogP contribution in [0.5, 0.6) is 11.5 Å². The van der Waals surface area contributed by atoms with Crippen LogP contribution in [0.1, 0.15) is 38.0 Å². The van der Waals surface area contributed by atoms with Crippen molar-refractivity contribution in [2.75, 3.05) is 7.11 Å². The Kier molecular flexibility index (Phi) is 3.11. The van der Waals surface area contributed by atoms with Crippen molar-refractivity contribution in [2.45, 2.75) is 33.0 Å². The van der Waals surface area contributed by atoms with Gasteiger partial charge >= 0.3 is 0 Å². The molecule has 3 heteroatoms. The molecule has 1 aromatic rings. The highest BCUT2D eigenvalue weighted by Crippen LogP contribution is 2.45. The molecule has 17 heavy (non-hydrogen) atoms. The minimum absolute atomic E-state index is 0.0703. The summed E-state index contributed by atoms with van der Waals surface area (Å²) in [5, 5.41) is 9.90. The molecule has 1 atom stereocenters. The fraction of sp³-hybridized carbons (Fsp3) is 0.429. The summed E-state index contributed by atoms with van der Waals surface area (Å²) in [5.41, 5.74) is 2.88. The second-order valence-corrected chi connectivity index (χ2v) is 4.52. The molecule has 3 nitrogen and oxygen atoms in total. The minimum atomic E-state index is -0.537. The van der Waals surface area contributed by atoms with Gasteiger partial charge in [0.1, 0.15) is 0 Å². The van der Waals surface area contributed by atoms with E-state index in [2.05, 4.69) is 0 Å². The maximum absolute atomic E-state index is 9.90. The zero-order chi connectivity index (χ0) is 12.6. The number of aliphatic hydroxyl groups is 1. The van der Waals surface area contributed by atoms with E-state index in [1.165, 1.54) is 0 Å². The molecule has 0 spiro atoms. The molecule has 0 bridgehead atoms. The normalized spacial score (nSPS) is 18.0. The number of ether oxygens (including phenoxy) is 2. The number of hydrogen-bond donors (Lipinski definition) is 1. The Morgan fingerprint density at radius 1 is 1.29 bits per heavy atom. The first-order valence-corrected chi connectivity index (χ1v) is 5.79. The van der Waals surface area contributed by atoms with Crippen LogP contribution in [0, 0.1) is 0 Å². The highest BCUT2D eigenvalue weighted by atomic mass is 16.5. The molecule has 2 rings (SSSR count). The lowest BCUT2D eigenvalue weighted by Crippen LogP contribution is -2.09. The first-order valence-electron chi connectivity index (χ1n) is 5.79. The number of fused-ring (bicyclic) bond motifs is 1. The average molecular weight is 234 g/mol. The second-order valence-electron chi connectivity index (χ2n) is 4.52. The largest absolute Gasteiger partial charge is 0.493 e. The van der Waals surface area contributed by atoms with Crippen molar-refractivity contribution in [3.05, 3.63) is 29.3 Å². The number of aliphatic hydroxyl groups excluding tert-OH is 1. The molecular formula is C14H18O3. The van der Waals surface area contributed by atoms with Crippen LogP contribution in [0.2, 0.25) is 0 Å². The Labute approximate surface area is 102 Å². The maximum Gasteiger partial charge on any atom is 0.169 e. The average Bonchev–Trinajstić information content (AvgIpc) is 2.54. The fourth-order valence-electron chi connectivity index (χ4n) is 2.16. The summed E-state index contributed by atoms with van der Waals surface area (Å²) in [7, 11) is 1.62. The van der Waals surface area contributed by atoms with Gasteiger partial charge in [0.15, 0.2) is 11.5 Å². The van der Waals surface area contributed by atoms with E-state index in [1.54, 1.807) is 7.11 Å². The van der Waals surface area contributed by atoms with E-state index in [1.807, 2.05) is 39.0 Å². The van der Waals surface area contributed by atoms with Gasteiger partial charge in [-0.05, 0) is 44.1 Å². The Morgan fingerprint density at radius 2 is 2.00 bits per heavy atom. The van der Waals surface area contributed by atoms with Crippen molar-refractivity contribution in [1.29, 1.82) is 0 Å². The third kappa shape index (κ3) is 2.03. The molecule has 0 fully saturated rings. The molecule has 0 saturated heterocycles. The predicted molar refractivity (Wildman–Crippen MR) is 67.4 cm³/mol. The van der Waals surface area contributed by atoms with Crippen molar-refractivity contribution < 1.29 is 14.6 Å². The molecule has 0 aliphatic heterocycles. The van der Waals surface area contributed by atoms with Crippen LogP contribution in [-0.2, 0) is 0 Å². The zero-order valence-electron chi connectivity index (χ0n) is 10.7. The molecule has 1 N–H and O–H groups in total. The quantitative estimate of drug-likeness (QED) is 0.874. The lowest BCUT2D eigenvalue weighted by Gasteiger charge is -2.18. The Balaban J connectivity index is 2.57. The van der Waals surface area contributed by atoms with Gasteiger partial charge in [-0.1, -0.05) is 6.07 Å². The minimum Gasteiger partial charge on any atom is -0.493 e. The van der Waals surface area contributed by atoms with Crippen molar-refractivity contribution in [1.82, 2.24) is 0 Å². The van der Waals surface area contributed by atoms with Crippen LogP contribution < -0.4 is 9.47 Å². The van der Waals surface area contributed by atoms with Crippen molar-refractivity contribution in [3.63, 3.8) is 0 Å². The molecule has 1 aliphatic carbocycles. The molecule has 92 valence electrons. The molecule has 0 heterocycles. The summed E-state index contributed by atoms with van der Waals surface area (Å²) in [5.74, 6) is 1.43. The van der Waals surface area contributed by atoms with Crippen LogP contribution in [0.3, 0.4) is 0 Å². The zero-order valence-corrected chi connectivity index (χ0v) is 10.7. The van der Waals surface area contributed by atoms with Gasteiger partial charge in [-0.15, -0.1) is 0 Å². The molecule has 0 saturated carbocycles. The second kappa shape index (κ2) is 4.41. The third-order valence-corrected chi connectivity index (χ3v) is 2.85. The molecule has 0 radical (unpaired) electrons. The molecular weight excluding hydrogens is 216 g/mol. The van der Waals surface area contributed by atoms with Crippen molar-refractivity contribution >= 4 is 5.57 Å². The summed E-state index contributed by atoms with van der Waals surface area (Å²) in [6.07, 6.45) is 1.36. The summed E-state index contributed by atoms with van der Waals surface area (Å²) in [6, 6.07) is 3.73. The van der Waals surface area contributed by atoms with Gasteiger partial charge in [0, 0.05) is 5.56 Å². The van der Waals surface area contributed by atoms with Crippen LogP contribution in [0.25, 0.3) is 5.57 Å². The third-order valence-electron chi connectivity index (χ3n) is 2.85. The lowest BCUT2D eigenvalue weighted by atomic mass is 10.0. The smallest absolute Gasteiger partial charge is 0.169 e. The Hall–Kier alpha value is -1.48. The van der Waals surface area contributed by atoms with E-state index in [4.69, 9.17) is 9.47 Å². The first-order chi connectivity index (χ1) is 8.04. The molecule has 1 aliphatic rings. The molecule has 0 aromatic heterocycles. The summed E-state index contributed by atoms with van der Waals surface area (Å²) in [4.78, 5) is 0. The maximum atomic E-state index is 9.90. The predicted octanol–water partition coefficient (Wildman–Crippen LogP) is 2.93. The summed E-state index contributed by atoms with van der Waals surface area (Å²) >= 11 is 0. The number of rotatable bonds is 3. The highest BCUT2D eigenvalue weighted by Gasteiger charge is 2.25.